The molecule has 0 spiro atoms. The van der Waals surface area contributed by atoms with Crippen LogP contribution >= 0.6 is 0 Å². The molecule has 1 aromatic carbocycles. The Bertz CT molecular complexity index is 435. The molecule has 0 aliphatic heterocycles. The van der Waals surface area contributed by atoms with Gasteiger partial charge < -0.3 is 14.3 Å². The Labute approximate surface area is 124 Å². The molecular formula is C15H21NO5. The van der Waals surface area contributed by atoms with Crippen LogP contribution in [0.4, 0.5) is 0 Å². The van der Waals surface area contributed by atoms with Gasteiger partial charge in [-0.3, -0.25) is 9.59 Å². The first-order valence-electron chi connectivity index (χ1n) is 6.78. The number of rotatable bonds is 9. The quantitative estimate of drug-likeness (QED) is 0.424. The van der Waals surface area contributed by atoms with Gasteiger partial charge in [0.1, 0.15) is 12.6 Å². The number of nitrogens with one attached hydrogen (secondary N) is 1. The van der Waals surface area contributed by atoms with Gasteiger partial charge in [0.05, 0.1) is 13.7 Å². The van der Waals surface area contributed by atoms with E-state index in [1.54, 1.807) is 6.92 Å². The lowest BCUT2D eigenvalue weighted by Crippen LogP contribution is -2.35. The summed E-state index contributed by atoms with van der Waals surface area (Å²) in [7, 11) is 1.34. The van der Waals surface area contributed by atoms with Crippen LogP contribution in [0.1, 0.15) is 25.3 Å². The van der Waals surface area contributed by atoms with Crippen molar-refractivity contribution in [3.8, 4) is 0 Å². The van der Waals surface area contributed by atoms with Crippen LogP contribution in [-0.2, 0) is 30.5 Å². The molecule has 0 heterocycles. The van der Waals surface area contributed by atoms with Crippen LogP contribution in [0.3, 0.4) is 0 Å². The maximum Gasteiger partial charge on any atom is 0.325 e. The molecule has 0 unspecified atom stereocenters. The Morgan fingerprint density at radius 3 is 2.62 bits per heavy atom. The van der Waals surface area contributed by atoms with Crippen LogP contribution in [0.2, 0.25) is 0 Å². The third-order valence-electron chi connectivity index (χ3n) is 2.69. The van der Waals surface area contributed by atoms with E-state index in [0.717, 1.165) is 5.56 Å². The van der Waals surface area contributed by atoms with Crippen LogP contribution < -0.4 is 5.48 Å². The van der Waals surface area contributed by atoms with E-state index in [1.807, 2.05) is 30.3 Å². The predicted octanol–water partition coefficient (Wildman–Crippen LogP) is 1.59. The van der Waals surface area contributed by atoms with Crippen LogP contribution in [0.25, 0.3) is 0 Å². The third-order valence-corrected chi connectivity index (χ3v) is 2.69. The number of esters is 2. The fourth-order valence-corrected chi connectivity index (χ4v) is 1.48. The van der Waals surface area contributed by atoms with E-state index in [-0.39, 0.29) is 19.0 Å². The summed E-state index contributed by atoms with van der Waals surface area (Å²) < 4.78 is 9.65. The molecule has 116 valence electrons. The van der Waals surface area contributed by atoms with Gasteiger partial charge in [0.2, 0.25) is 0 Å². The van der Waals surface area contributed by atoms with E-state index in [0.29, 0.717) is 13.0 Å². The summed E-state index contributed by atoms with van der Waals surface area (Å²) in [4.78, 5) is 27.7. The van der Waals surface area contributed by atoms with E-state index < -0.39 is 12.0 Å². The fourth-order valence-electron chi connectivity index (χ4n) is 1.48. The molecule has 0 aliphatic rings. The number of benzene rings is 1. The first-order chi connectivity index (χ1) is 10.1. The summed E-state index contributed by atoms with van der Waals surface area (Å²) in [5.41, 5.74) is 3.51. The van der Waals surface area contributed by atoms with Gasteiger partial charge in [0.25, 0.3) is 0 Å². The molecule has 6 heteroatoms. The van der Waals surface area contributed by atoms with Gasteiger partial charge in [-0.15, -0.1) is 0 Å². The molecule has 6 nitrogen and oxygen atoms in total. The molecule has 0 radical (unpaired) electrons. The van der Waals surface area contributed by atoms with Gasteiger partial charge in [0, 0.05) is 6.42 Å². The van der Waals surface area contributed by atoms with Crippen molar-refractivity contribution >= 4 is 11.9 Å². The second-order valence-corrected chi connectivity index (χ2v) is 4.46. The van der Waals surface area contributed by atoms with Gasteiger partial charge >= 0.3 is 11.9 Å². The number of hydrogen-bond acceptors (Lipinski definition) is 6. The number of methoxy groups -OCH3 is 1. The number of hydroxylamine groups is 1. The van der Waals surface area contributed by atoms with Crippen LogP contribution in [0.15, 0.2) is 30.3 Å². The maximum absolute atomic E-state index is 11.7. The molecule has 1 rings (SSSR count). The SMILES string of the molecule is COC(=O)CCCON[C@H](C)C(=O)OCc1ccccc1. The topological polar surface area (TPSA) is 73.9 Å². The molecule has 0 saturated heterocycles. The van der Waals surface area contributed by atoms with Gasteiger partial charge in [-0.1, -0.05) is 30.3 Å². The highest BCUT2D eigenvalue weighted by atomic mass is 16.6. The Morgan fingerprint density at radius 2 is 1.95 bits per heavy atom. The van der Waals surface area contributed by atoms with E-state index in [2.05, 4.69) is 10.2 Å². The monoisotopic (exact) mass is 295 g/mol. The molecule has 0 aromatic heterocycles. The highest BCUT2D eigenvalue weighted by molar-refractivity contribution is 5.75. The van der Waals surface area contributed by atoms with E-state index in [9.17, 15) is 9.59 Å². The number of carbonyl (C=O) groups excluding carboxylic acids is 2. The summed E-state index contributed by atoms with van der Waals surface area (Å²) in [6.45, 7) is 2.19. The van der Waals surface area contributed by atoms with Gasteiger partial charge in [-0.25, -0.2) is 0 Å². The summed E-state index contributed by atoms with van der Waals surface area (Å²) >= 11 is 0. The second kappa shape index (κ2) is 9.90. The summed E-state index contributed by atoms with van der Waals surface area (Å²) in [6, 6.07) is 8.86. The number of carbonyl (C=O) groups is 2. The van der Waals surface area contributed by atoms with Crippen molar-refractivity contribution in [3.05, 3.63) is 35.9 Å². The molecule has 21 heavy (non-hydrogen) atoms. The molecule has 0 fully saturated rings. The molecule has 1 atom stereocenters. The first kappa shape index (κ1) is 17.1. The minimum Gasteiger partial charge on any atom is -0.469 e. The van der Waals surface area contributed by atoms with E-state index >= 15 is 0 Å². The van der Waals surface area contributed by atoms with E-state index in [1.165, 1.54) is 7.11 Å². The summed E-state index contributed by atoms with van der Waals surface area (Å²) in [5, 5.41) is 0. The van der Waals surface area contributed by atoms with Gasteiger partial charge in [-0.05, 0) is 18.9 Å². The van der Waals surface area contributed by atoms with Gasteiger partial charge in [0.15, 0.2) is 0 Å². The summed E-state index contributed by atoms with van der Waals surface area (Å²) in [5.74, 6) is -0.680. The molecular weight excluding hydrogens is 274 g/mol. The van der Waals surface area contributed by atoms with Crippen LogP contribution in [-0.4, -0.2) is 31.7 Å². The maximum atomic E-state index is 11.7. The zero-order valence-electron chi connectivity index (χ0n) is 12.3. The smallest absolute Gasteiger partial charge is 0.325 e. The highest BCUT2D eigenvalue weighted by Crippen LogP contribution is 2.02. The predicted molar refractivity (Wildman–Crippen MR) is 76.0 cm³/mol. The third kappa shape index (κ3) is 7.43. The lowest BCUT2D eigenvalue weighted by atomic mass is 10.2. The lowest BCUT2D eigenvalue weighted by Gasteiger charge is -2.13. The van der Waals surface area contributed by atoms with Crippen molar-refractivity contribution in [3.63, 3.8) is 0 Å². The van der Waals surface area contributed by atoms with Crippen LogP contribution in [0.5, 0.6) is 0 Å². The average Bonchev–Trinajstić information content (AvgIpc) is 2.52. The van der Waals surface area contributed by atoms with Crippen molar-refractivity contribution in [2.45, 2.75) is 32.4 Å². The Kier molecular flexibility index (Phi) is 8.08. The van der Waals surface area contributed by atoms with Crippen LogP contribution in [0, 0.1) is 0 Å². The number of ether oxygens (including phenoxy) is 2. The highest BCUT2D eigenvalue weighted by Gasteiger charge is 2.14. The standard InChI is InChI=1S/C15H21NO5/c1-12(16-21-10-6-9-14(17)19-2)15(18)20-11-13-7-4-3-5-8-13/h3-5,7-8,12,16H,6,9-11H2,1-2H3/t12-/m1/s1. The zero-order valence-corrected chi connectivity index (χ0v) is 12.3. The normalized spacial score (nSPS) is 11.7. The van der Waals surface area contributed by atoms with E-state index in [4.69, 9.17) is 9.57 Å². The molecule has 0 saturated carbocycles. The molecule has 0 bridgehead atoms. The lowest BCUT2D eigenvalue weighted by molar-refractivity contribution is -0.152. The largest absolute Gasteiger partial charge is 0.469 e. The zero-order chi connectivity index (χ0) is 15.5. The first-order valence-corrected chi connectivity index (χ1v) is 6.78. The molecule has 1 N–H and O–H groups in total. The Balaban J connectivity index is 2.12. The minimum atomic E-state index is -0.577. The van der Waals surface area contributed by atoms with Crippen molar-refractivity contribution in [1.82, 2.24) is 5.48 Å². The van der Waals surface area contributed by atoms with Crippen molar-refractivity contribution in [1.29, 1.82) is 0 Å². The van der Waals surface area contributed by atoms with Crippen molar-refractivity contribution in [2.24, 2.45) is 0 Å². The second-order valence-electron chi connectivity index (χ2n) is 4.46. The molecule has 0 aliphatic carbocycles. The number of hydrogen-bond donors (Lipinski definition) is 1. The van der Waals surface area contributed by atoms with Crippen molar-refractivity contribution < 1.29 is 23.9 Å². The summed E-state index contributed by atoms with van der Waals surface area (Å²) in [6.07, 6.45) is 0.802. The van der Waals surface area contributed by atoms with Gasteiger partial charge in [-0.2, -0.15) is 5.48 Å². The molecule has 1 aromatic rings. The minimum absolute atomic E-state index is 0.230. The molecule has 0 amide bonds. The van der Waals surface area contributed by atoms with Crippen molar-refractivity contribution in [2.75, 3.05) is 13.7 Å². The Hall–Kier alpha value is -1.92. The fraction of sp³-hybridized carbons (Fsp3) is 0.467. The average molecular weight is 295 g/mol. The Morgan fingerprint density at radius 1 is 1.24 bits per heavy atom.